The summed E-state index contributed by atoms with van der Waals surface area (Å²) < 4.78 is 6.66. The summed E-state index contributed by atoms with van der Waals surface area (Å²) in [7, 11) is 0. The van der Waals surface area contributed by atoms with Crippen molar-refractivity contribution in [1.29, 1.82) is 0 Å². The van der Waals surface area contributed by atoms with Gasteiger partial charge in [0.25, 0.3) is 5.56 Å². The molecule has 1 aromatic heterocycles. The van der Waals surface area contributed by atoms with Gasteiger partial charge in [-0.2, -0.15) is 0 Å². The molecule has 0 aliphatic rings. The van der Waals surface area contributed by atoms with Crippen LogP contribution in [0.2, 0.25) is 0 Å². The van der Waals surface area contributed by atoms with Crippen LogP contribution in [0, 0.1) is 6.92 Å². The number of aromatic nitrogens is 1. The van der Waals surface area contributed by atoms with Crippen LogP contribution in [0.4, 0.5) is 5.69 Å². The summed E-state index contributed by atoms with van der Waals surface area (Å²) in [5.74, 6) is -0.411. The third-order valence-corrected chi connectivity index (χ3v) is 2.93. The lowest BCUT2D eigenvalue weighted by molar-refractivity contribution is 0.0489. The van der Waals surface area contributed by atoms with Gasteiger partial charge in [-0.05, 0) is 36.8 Å². The summed E-state index contributed by atoms with van der Waals surface area (Å²) in [6, 6.07) is 9.91. The van der Waals surface area contributed by atoms with E-state index < -0.39 is 5.97 Å². The number of ether oxygens (including phenoxy) is 1. The van der Waals surface area contributed by atoms with Crippen LogP contribution >= 0.6 is 0 Å². The minimum Gasteiger partial charge on any atom is -0.460 e. The number of carbonyl (C=O) groups is 1. The first-order valence-electron chi connectivity index (χ1n) is 6.26. The summed E-state index contributed by atoms with van der Waals surface area (Å²) in [5, 5.41) is 0. The zero-order valence-corrected chi connectivity index (χ0v) is 11.2. The molecular weight excluding hydrogens is 256 g/mol. The van der Waals surface area contributed by atoms with Gasteiger partial charge < -0.3 is 15.0 Å². The van der Waals surface area contributed by atoms with Gasteiger partial charge in [0, 0.05) is 18.0 Å². The van der Waals surface area contributed by atoms with E-state index in [0.29, 0.717) is 17.8 Å². The van der Waals surface area contributed by atoms with Gasteiger partial charge in [-0.15, -0.1) is 0 Å². The molecule has 0 bridgehead atoms. The third-order valence-electron chi connectivity index (χ3n) is 2.93. The second kappa shape index (κ2) is 6.06. The molecule has 20 heavy (non-hydrogen) atoms. The van der Waals surface area contributed by atoms with Crippen LogP contribution in [-0.2, 0) is 11.3 Å². The van der Waals surface area contributed by atoms with E-state index in [4.69, 9.17) is 10.5 Å². The fraction of sp³-hybridized carbons (Fsp3) is 0.200. The second-order valence-electron chi connectivity index (χ2n) is 4.44. The molecule has 0 amide bonds. The van der Waals surface area contributed by atoms with Crippen LogP contribution in [0.25, 0.3) is 0 Å². The Morgan fingerprint density at radius 2 is 2.10 bits per heavy atom. The minimum absolute atomic E-state index is 0.118. The van der Waals surface area contributed by atoms with Crippen LogP contribution in [0.5, 0.6) is 0 Å². The first-order chi connectivity index (χ1) is 9.58. The number of hydrogen-bond donors (Lipinski definition) is 1. The van der Waals surface area contributed by atoms with E-state index in [1.54, 1.807) is 43.5 Å². The van der Waals surface area contributed by atoms with E-state index in [0.717, 1.165) is 5.56 Å². The highest BCUT2D eigenvalue weighted by Crippen LogP contribution is 2.13. The average Bonchev–Trinajstić information content (AvgIpc) is 2.40. The molecule has 0 unspecified atom stereocenters. The van der Waals surface area contributed by atoms with Gasteiger partial charge in [0.15, 0.2) is 0 Å². The number of pyridine rings is 1. The molecule has 0 spiro atoms. The molecule has 0 saturated heterocycles. The Morgan fingerprint density at radius 1 is 1.30 bits per heavy atom. The van der Waals surface area contributed by atoms with Gasteiger partial charge in [0.1, 0.15) is 6.61 Å². The highest BCUT2D eigenvalue weighted by molar-refractivity contribution is 5.91. The molecule has 5 nitrogen and oxygen atoms in total. The number of aryl methyl sites for hydroxylation is 1. The normalized spacial score (nSPS) is 10.2. The largest absolute Gasteiger partial charge is 0.460 e. The summed E-state index contributed by atoms with van der Waals surface area (Å²) in [6.45, 7) is 2.28. The van der Waals surface area contributed by atoms with Gasteiger partial charge in [-0.1, -0.05) is 6.07 Å². The number of rotatable bonds is 4. The second-order valence-corrected chi connectivity index (χ2v) is 4.44. The van der Waals surface area contributed by atoms with E-state index in [1.165, 1.54) is 10.6 Å². The highest BCUT2D eigenvalue weighted by Gasteiger charge is 2.10. The Hall–Kier alpha value is -2.56. The zero-order chi connectivity index (χ0) is 14.5. The molecule has 0 fully saturated rings. The average molecular weight is 272 g/mol. The standard InChI is InChI=1S/C15H16N2O3/c1-11-10-12(16)5-6-13(11)15(19)20-9-8-17-7-3-2-4-14(17)18/h2-7,10H,8-9,16H2,1H3. The van der Waals surface area contributed by atoms with Gasteiger partial charge in [-0.25, -0.2) is 4.79 Å². The van der Waals surface area contributed by atoms with Crippen molar-refractivity contribution in [1.82, 2.24) is 4.57 Å². The molecule has 2 N–H and O–H groups in total. The monoisotopic (exact) mass is 272 g/mol. The maximum atomic E-state index is 11.9. The van der Waals surface area contributed by atoms with E-state index in [2.05, 4.69) is 0 Å². The Balaban J connectivity index is 1.96. The lowest BCUT2D eigenvalue weighted by Crippen LogP contribution is -2.21. The number of nitrogens with two attached hydrogens (primary N) is 1. The Bertz CT molecular complexity index is 677. The Kier molecular flexibility index (Phi) is 4.20. The number of esters is 1. The van der Waals surface area contributed by atoms with Crippen LogP contribution in [0.15, 0.2) is 47.4 Å². The van der Waals surface area contributed by atoms with Crippen molar-refractivity contribution in [3.05, 3.63) is 64.1 Å². The van der Waals surface area contributed by atoms with Crippen LogP contribution in [-0.4, -0.2) is 17.1 Å². The number of anilines is 1. The number of hydrogen-bond acceptors (Lipinski definition) is 4. The van der Waals surface area contributed by atoms with E-state index in [1.807, 2.05) is 0 Å². The molecule has 0 aliphatic carbocycles. The molecule has 0 atom stereocenters. The van der Waals surface area contributed by atoms with Crippen LogP contribution < -0.4 is 11.3 Å². The van der Waals surface area contributed by atoms with Gasteiger partial charge in [0.05, 0.1) is 12.1 Å². The predicted molar refractivity (Wildman–Crippen MR) is 76.6 cm³/mol. The van der Waals surface area contributed by atoms with Crippen molar-refractivity contribution >= 4 is 11.7 Å². The number of nitrogens with zero attached hydrogens (tertiary/aromatic N) is 1. The fourth-order valence-corrected chi connectivity index (χ4v) is 1.88. The summed E-state index contributed by atoms with van der Waals surface area (Å²) in [5.41, 5.74) is 7.37. The van der Waals surface area contributed by atoms with Gasteiger partial charge in [-0.3, -0.25) is 4.79 Å². The number of nitrogen functional groups attached to an aromatic ring is 1. The van der Waals surface area contributed by atoms with Crippen molar-refractivity contribution in [2.24, 2.45) is 0 Å². The summed E-state index contributed by atoms with van der Waals surface area (Å²) in [4.78, 5) is 23.4. The topological polar surface area (TPSA) is 74.3 Å². The van der Waals surface area contributed by atoms with E-state index in [-0.39, 0.29) is 12.2 Å². The molecule has 5 heteroatoms. The molecule has 1 heterocycles. The van der Waals surface area contributed by atoms with Crippen LogP contribution in [0.1, 0.15) is 15.9 Å². The Morgan fingerprint density at radius 3 is 2.80 bits per heavy atom. The summed E-state index contributed by atoms with van der Waals surface area (Å²) in [6.07, 6.45) is 1.66. The molecule has 0 radical (unpaired) electrons. The van der Waals surface area contributed by atoms with E-state index in [9.17, 15) is 9.59 Å². The highest BCUT2D eigenvalue weighted by atomic mass is 16.5. The number of carbonyl (C=O) groups excluding carboxylic acids is 1. The van der Waals surface area contributed by atoms with Gasteiger partial charge >= 0.3 is 5.97 Å². The predicted octanol–water partition coefficient (Wildman–Crippen LogP) is 1.60. The fourth-order valence-electron chi connectivity index (χ4n) is 1.88. The van der Waals surface area contributed by atoms with Crippen molar-refractivity contribution < 1.29 is 9.53 Å². The van der Waals surface area contributed by atoms with E-state index >= 15 is 0 Å². The molecule has 2 aromatic rings. The quantitative estimate of drug-likeness (QED) is 0.677. The lowest BCUT2D eigenvalue weighted by Gasteiger charge is -2.09. The molecular formula is C15H16N2O3. The molecule has 2 rings (SSSR count). The summed E-state index contributed by atoms with van der Waals surface area (Å²) >= 11 is 0. The smallest absolute Gasteiger partial charge is 0.338 e. The first kappa shape index (κ1) is 13.9. The maximum Gasteiger partial charge on any atom is 0.338 e. The Labute approximate surface area is 116 Å². The van der Waals surface area contributed by atoms with Crippen molar-refractivity contribution in [3.63, 3.8) is 0 Å². The van der Waals surface area contributed by atoms with Crippen molar-refractivity contribution in [2.45, 2.75) is 13.5 Å². The SMILES string of the molecule is Cc1cc(N)ccc1C(=O)OCCn1ccccc1=O. The van der Waals surface area contributed by atoms with Crippen LogP contribution in [0.3, 0.4) is 0 Å². The zero-order valence-electron chi connectivity index (χ0n) is 11.2. The molecule has 1 aromatic carbocycles. The van der Waals surface area contributed by atoms with Crippen molar-refractivity contribution in [3.8, 4) is 0 Å². The minimum atomic E-state index is -0.411. The molecule has 0 saturated carbocycles. The first-order valence-corrected chi connectivity index (χ1v) is 6.26. The third kappa shape index (κ3) is 3.26. The molecule has 104 valence electrons. The molecule has 0 aliphatic heterocycles. The van der Waals surface area contributed by atoms with Gasteiger partial charge in [0.2, 0.25) is 0 Å². The number of benzene rings is 1. The van der Waals surface area contributed by atoms with Crippen molar-refractivity contribution in [2.75, 3.05) is 12.3 Å². The maximum absolute atomic E-state index is 11.9. The lowest BCUT2D eigenvalue weighted by atomic mass is 10.1.